The molecular weight excluding hydrogens is 356 g/mol. The molecule has 8 heteroatoms. The van der Waals surface area contributed by atoms with Gasteiger partial charge in [-0.2, -0.15) is 0 Å². The third-order valence-corrected chi connectivity index (χ3v) is 5.22. The lowest BCUT2D eigenvalue weighted by molar-refractivity contribution is -0.528. The summed E-state index contributed by atoms with van der Waals surface area (Å²) in [5.74, 6) is 0.863. The van der Waals surface area contributed by atoms with Crippen LogP contribution < -0.4 is 0 Å². The van der Waals surface area contributed by atoms with E-state index in [0.29, 0.717) is 18.3 Å². The molecule has 1 saturated heterocycles. The number of imide groups is 1. The Kier molecular flexibility index (Phi) is 4.28. The Bertz CT molecular complexity index is 944. The molecular formula is C20H25N6O2+. The van der Waals surface area contributed by atoms with Crippen molar-refractivity contribution in [2.45, 2.75) is 46.3 Å². The number of aryl methyl sites for hydroxylation is 1. The molecule has 8 nitrogen and oxygen atoms in total. The number of guanidine groups is 1. The number of hydrazone groups is 1. The maximum Gasteiger partial charge on any atom is 0.416 e. The van der Waals surface area contributed by atoms with E-state index < -0.39 is 6.04 Å². The van der Waals surface area contributed by atoms with E-state index in [0.717, 1.165) is 16.8 Å². The summed E-state index contributed by atoms with van der Waals surface area (Å²) < 4.78 is 1.95. The Hall–Kier alpha value is -3.03. The largest absolute Gasteiger partial charge is 0.416 e. The molecule has 1 fully saturated rings. The molecule has 0 radical (unpaired) electrons. The fourth-order valence-corrected chi connectivity index (χ4v) is 3.73. The molecule has 146 valence electrons. The van der Waals surface area contributed by atoms with Crippen LogP contribution in [-0.2, 0) is 11.3 Å². The van der Waals surface area contributed by atoms with Crippen molar-refractivity contribution >= 4 is 29.4 Å². The molecule has 0 bridgehead atoms. The molecule has 1 atom stereocenters. The molecule has 0 spiro atoms. The van der Waals surface area contributed by atoms with Crippen LogP contribution in [0.2, 0.25) is 0 Å². The Balaban J connectivity index is 1.70. The second-order valence-electron chi connectivity index (χ2n) is 7.83. The highest BCUT2D eigenvalue weighted by atomic mass is 16.2. The van der Waals surface area contributed by atoms with Gasteiger partial charge < -0.3 is 0 Å². The first-order valence-corrected chi connectivity index (χ1v) is 9.48. The number of carbonyl (C=O) groups is 2. The first-order chi connectivity index (χ1) is 13.3. The van der Waals surface area contributed by atoms with Gasteiger partial charge in [-0.25, -0.2) is 9.37 Å². The summed E-state index contributed by atoms with van der Waals surface area (Å²) in [5, 5.41) is 6.40. The second kappa shape index (κ2) is 6.54. The van der Waals surface area contributed by atoms with Crippen LogP contribution in [0.1, 0.15) is 31.9 Å². The van der Waals surface area contributed by atoms with Crippen LogP contribution in [-0.4, -0.2) is 74.5 Å². The quantitative estimate of drug-likeness (QED) is 0.748. The van der Waals surface area contributed by atoms with E-state index in [1.807, 2.05) is 61.5 Å². The van der Waals surface area contributed by atoms with Crippen molar-refractivity contribution in [2.24, 2.45) is 10.1 Å². The summed E-state index contributed by atoms with van der Waals surface area (Å²) in [4.78, 5) is 33.7. The van der Waals surface area contributed by atoms with Crippen LogP contribution in [0.15, 0.2) is 34.4 Å². The summed E-state index contributed by atoms with van der Waals surface area (Å²) in [5.41, 5.74) is 2.97. The van der Waals surface area contributed by atoms with E-state index in [4.69, 9.17) is 0 Å². The molecule has 3 heterocycles. The number of hydrogen-bond acceptors (Lipinski definition) is 5. The third-order valence-electron chi connectivity index (χ3n) is 5.22. The van der Waals surface area contributed by atoms with Crippen molar-refractivity contribution in [1.82, 2.24) is 14.8 Å². The number of nitrogens with zero attached hydrogens (tertiary/aromatic N) is 6. The molecule has 1 unspecified atom stereocenters. The van der Waals surface area contributed by atoms with E-state index in [2.05, 4.69) is 10.1 Å². The number of aliphatic imine (C=N–C) groups is 1. The number of rotatable bonds is 3. The van der Waals surface area contributed by atoms with Crippen LogP contribution in [0.4, 0.5) is 4.79 Å². The summed E-state index contributed by atoms with van der Waals surface area (Å²) in [6.45, 7) is 8.76. The lowest BCUT2D eigenvalue weighted by Crippen LogP contribution is -2.63. The van der Waals surface area contributed by atoms with Gasteiger partial charge in [-0.05, 0) is 33.3 Å². The minimum atomic E-state index is -0.602. The Morgan fingerprint density at radius 2 is 1.86 bits per heavy atom. The van der Waals surface area contributed by atoms with E-state index in [-0.39, 0.29) is 24.5 Å². The number of amidine groups is 1. The van der Waals surface area contributed by atoms with Crippen LogP contribution in [0, 0.1) is 6.92 Å². The average molecular weight is 381 g/mol. The van der Waals surface area contributed by atoms with Crippen molar-refractivity contribution in [3.05, 3.63) is 35.4 Å². The van der Waals surface area contributed by atoms with Crippen molar-refractivity contribution in [1.29, 1.82) is 0 Å². The maximum atomic E-state index is 13.4. The average Bonchev–Trinajstić information content (AvgIpc) is 3.03. The fourth-order valence-electron chi connectivity index (χ4n) is 3.73. The van der Waals surface area contributed by atoms with E-state index in [9.17, 15) is 9.59 Å². The SMILES string of the molecule is CC1=NN(C(C)C)C2=[N+](C1)C1C(=O)N(Cc3ccc(C)cc3)C(=O)N(C)C1=N2. The van der Waals surface area contributed by atoms with Gasteiger partial charge in [0, 0.05) is 7.05 Å². The molecule has 0 N–H and O–H groups in total. The predicted octanol–water partition coefficient (Wildman–Crippen LogP) is 1.64. The Labute approximate surface area is 164 Å². The Morgan fingerprint density at radius 3 is 2.50 bits per heavy atom. The highest BCUT2D eigenvalue weighted by Crippen LogP contribution is 2.25. The topological polar surface area (TPSA) is 71.6 Å². The van der Waals surface area contributed by atoms with Crippen molar-refractivity contribution in [3.8, 4) is 0 Å². The lowest BCUT2D eigenvalue weighted by Gasteiger charge is -2.34. The monoisotopic (exact) mass is 381 g/mol. The maximum absolute atomic E-state index is 13.4. The smallest absolute Gasteiger partial charge is 0.270 e. The molecule has 3 aliphatic heterocycles. The van der Waals surface area contributed by atoms with Crippen molar-refractivity contribution < 1.29 is 14.2 Å². The van der Waals surface area contributed by atoms with E-state index in [1.54, 1.807) is 7.05 Å². The van der Waals surface area contributed by atoms with Gasteiger partial charge in [0.15, 0.2) is 0 Å². The molecule has 0 aliphatic carbocycles. The number of fused-ring (bicyclic) bond motifs is 2. The number of urea groups is 1. The Morgan fingerprint density at radius 1 is 1.18 bits per heavy atom. The van der Waals surface area contributed by atoms with E-state index in [1.165, 1.54) is 9.80 Å². The van der Waals surface area contributed by atoms with Gasteiger partial charge in [0.25, 0.3) is 5.91 Å². The summed E-state index contributed by atoms with van der Waals surface area (Å²) in [7, 11) is 1.68. The second-order valence-corrected chi connectivity index (χ2v) is 7.83. The minimum absolute atomic E-state index is 0.0945. The molecule has 28 heavy (non-hydrogen) atoms. The number of likely N-dealkylation sites (N-methyl/N-ethyl adjacent to an activating group) is 1. The number of hydrogen-bond donors (Lipinski definition) is 0. The zero-order valence-electron chi connectivity index (χ0n) is 16.9. The van der Waals surface area contributed by atoms with Crippen molar-refractivity contribution in [3.63, 3.8) is 0 Å². The van der Waals surface area contributed by atoms with Crippen LogP contribution in [0.5, 0.6) is 0 Å². The molecule has 0 aromatic heterocycles. The zero-order chi connectivity index (χ0) is 20.2. The molecule has 4 rings (SSSR count). The van der Waals surface area contributed by atoms with Gasteiger partial charge in [0.2, 0.25) is 11.9 Å². The molecule has 3 aliphatic rings. The summed E-state index contributed by atoms with van der Waals surface area (Å²) in [6.07, 6.45) is 0. The van der Waals surface area contributed by atoms with Gasteiger partial charge >= 0.3 is 12.0 Å². The van der Waals surface area contributed by atoms with Crippen LogP contribution >= 0.6 is 0 Å². The lowest BCUT2D eigenvalue weighted by atomic mass is 10.1. The van der Waals surface area contributed by atoms with E-state index >= 15 is 0 Å². The number of carbonyl (C=O) groups excluding carboxylic acids is 2. The van der Waals surface area contributed by atoms with Crippen LogP contribution in [0.25, 0.3) is 0 Å². The zero-order valence-corrected chi connectivity index (χ0v) is 16.9. The van der Waals surface area contributed by atoms with Gasteiger partial charge in [-0.3, -0.25) is 14.6 Å². The van der Waals surface area contributed by atoms with Crippen LogP contribution in [0.3, 0.4) is 0 Å². The summed E-state index contributed by atoms with van der Waals surface area (Å²) >= 11 is 0. The number of benzene rings is 1. The fraction of sp³-hybridized carbons (Fsp3) is 0.450. The first-order valence-electron chi connectivity index (χ1n) is 9.48. The van der Waals surface area contributed by atoms with Gasteiger partial charge in [-0.1, -0.05) is 34.8 Å². The molecule has 1 aromatic carbocycles. The normalized spacial score (nSPS) is 21.9. The van der Waals surface area contributed by atoms with Gasteiger partial charge in [0.05, 0.1) is 18.3 Å². The first kappa shape index (κ1) is 18.3. The molecule has 0 saturated carbocycles. The molecule has 3 amide bonds. The highest BCUT2D eigenvalue weighted by Gasteiger charge is 2.54. The summed E-state index contributed by atoms with van der Waals surface area (Å²) in [6, 6.07) is 7.00. The molecule has 1 aromatic rings. The van der Waals surface area contributed by atoms with Crippen molar-refractivity contribution in [2.75, 3.05) is 13.6 Å². The number of amides is 3. The third kappa shape index (κ3) is 2.80. The van der Waals surface area contributed by atoms with Gasteiger partial charge in [0.1, 0.15) is 6.54 Å². The minimum Gasteiger partial charge on any atom is -0.270 e. The standard InChI is InChI=1S/C20H25N6O2/c1-12(2)26-19-21-17-16(24(19)10-14(4)22-26)18(27)25(20(28)23(17)5)11-15-8-6-13(3)7-9-15/h6-9,12,16H,10-11H2,1-5H3/q+1. The highest BCUT2D eigenvalue weighted by molar-refractivity contribution is 6.23. The van der Waals surface area contributed by atoms with Gasteiger partial charge in [-0.15, -0.1) is 10.1 Å². The predicted molar refractivity (Wildman–Crippen MR) is 106 cm³/mol.